The minimum absolute atomic E-state index is 0.138. The molecule has 0 saturated heterocycles. The highest BCUT2D eigenvalue weighted by Crippen LogP contribution is 2.32. The lowest BCUT2D eigenvalue weighted by Crippen LogP contribution is -2.19. The predicted molar refractivity (Wildman–Crippen MR) is 75.3 cm³/mol. The van der Waals surface area contributed by atoms with Crippen LogP contribution in [0.3, 0.4) is 0 Å². The van der Waals surface area contributed by atoms with Gasteiger partial charge in [0.15, 0.2) is 0 Å². The molecule has 1 aromatic carbocycles. The molecule has 0 bridgehead atoms. The van der Waals surface area contributed by atoms with E-state index in [9.17, 15) is 4.39 Å². The molecular formula is C14H17BrFNO. The fourth-order valence-electron chi connectivity index (χ4n) is 2.10. The molecule has 1 aromatic heterocycles. The Kier molecular flexibility index (Phi) is 4.07. The summed E-state index contributed by atoms with van der Waals surface area (Å²) < 4.78 is 19.7. The van der Waals surface area contributed by atoms with Gasteiger partial charge in [-0.05, 0) is 48.8 Å². The van der Waals surface area contributed by atoms with Gasteiger partial charge in [-0.3, -0.25) is 0 Å². The molecule has 0 amide bonds. The van der Waals surface area contributed by atoms with Crippen LogP contribution in [0.2, 0.25) is 0 Å². The molecular weight excluding hydrogens is 297 g/mol. The van der Waals surface area contributed by atoms with Crippen LogP contribution in [0, 0.1) is 12.7 Å². The van der Waals surface area contributed by atoms with Gasteiger partial charge < -0.3 is 9.73 Å². The number of hydrogen-bond donors (Lipinski definition) is 1. The van der Waals surface area contributed by atoms with Crippen LogP contribution in [-0.4, -0.2) is 6.54 Å². The quantitative estimate of drug-likeness (QED) is 0.884. The van der Waals surface area contributed by atoms with Crippen molar-refractivity contribution in [3.8, 4) is 0 Å². The zero-order valence-electron chi connectivity index (χ0n) is 10.8. The summed E-state index contributed by atoms with van der Waals surface area (Å²) in [6, 6.07) is 3.35. The van der Waals surface area contributed by atoms with E-state index in [4.69, 9.17) is 4.42 Å². The van der Waals surface area contributed by atoms with E-state index >= 15 is 0 Å². The van der Waals surface area contributed by atoms with Crippen LogP contribution in [0.1, 0.15) is 37.6 Å². The van der Waals surface area contributed by atoms with Gasteiger partial charge >= 0.3 is 0 Å². The number of hydrogen-bond acceptors (Lipinski definition) is 2. The predicted octanol–water partition coefficient (Wildman–Crippen LogP) is 4.70. The van der Waals surface area contributed by atoms with E-state index in [0.29, 0.717) is 10.1 Å². The summed E-state index contributed by atoms with van der Waals surface area (Å²) in [6.07, 6.45) is 1.07. The van der Waals surface area contributed by atoms with Crippen molar-refractivity contribution in [2.45, 2.75) is 33.2 Å². The number of benzene rings is 1. The van der Waals surface area contributed by atoms with E-state index in [1.807, 2.05) is 6.92 Å². The molecule has 0 aliphatic heterocycles. The summed E-state index contributed by atoms with van der Waals surface area (Å²) in [5.74, 6) is 0.591. The number of rotatable bonds is 4. The summed E-state index contributed by atoms with van der Waals surface area (Å²) in [5.41, 5.74) is 1.68. The largest absolute Gasteiger partial charge is 0.459 e. The van der Waals surface area contributed by atoms with E-state index in [-0.39, 0.29) is 11.9 Å². The van der Waals surface area contributed by atoms with Gasteiger partial charge in [-0.15, -0.1) is 0 Å². The molecule has 0 fully saturated rings. The molecule has 2 rings (SSSR count). The Bertz CT molecular complexity index is 564. The second kappa shape index (κ2) is 5.41. The second-order valence-corrected chi connectivity index (χ2v) is 5.38. The monoisotopic (exact) mass is 313 g/mol. The van der Waals surface area contributed by atoms with Gasteiger partial charge in [0.1, 0.15) is 17.2 Å². The topological polar surface area (TPSA) is 25.2 Å². The average Bonchev–Trinajstić information content (AvgIpc) is 2.65. The van der Waals surface area contributed by atoms with Crippen molar-refractivity contribution in [1.82, 2.24) is 5.32 Å². The van der Waals surface area contributed by atoms with E-state index in [2.05, 4.69) is 35.1 Å². The van der Waals surface area contributed by atoms with Crippen molar-refractivity contribution in [3.05, 3.63) is 33.7 Å². The Balaban J connectivity index is 2.43. The number of fused-ring (bicyclic) bond motifs is 1. The number of halogens is 2. The molecule has 1 heterocycles. The maximum Gasteiger partial charge on any atom is 0.141 e. The molecule has 0 aliphatic rings. The van der Waals surface area contributed by atoms with Gasteiger partial charge in [0.25, 0.3) is 0 Å². The molecule has 4 heteroatoms. The van der Waals surface area contributed by atoms with Gasteiger partial charge in [-0.1, -0.05) is 6.92 Å². The minimum Gasteiger partial charge on any atom is -0.459 e. The zero-order chi connectivity index (χ0) is 13.3. The molecule has 0 radical (unpaired) electrons. The third-order valence-corrected chi connectivity index (χ3v) is 3.72. The Labute approximate surface area is 115 Å². The lowest BCUT2D eigenvalue weighted by Gasteiger charge is -2.11. The molecule has 98 valence electrons. The summed E-state index contributed by atoms with van der Waals surface area (Å²) in [7, 11) is 0. The van der Waals surface area contributed by atoms with Crippen molar-refractivity contribution >= 4 is 26.9 Å². The van der Waals surface area contributed by atoms with E-state index < -0.39 is 0 Å². The highest BCUT2D eigenvalue weighted by Gasteiger charge is 2.17. The van der Waals surface area contributed by atoms with Crippen LogP contribution in [0.25, 0.3) is 11.0 Å². The molecule has 1 N–H and O–H groups in total. The Morgan fingerprint density at radius 3 is 2.83 bits per heavy atom. The summed E-state index contributed by atoms with van der Waals surface area (Å²) in [5, 5.41) is 4.34. The van der Waals surface area contributed by atoms with Crippen LogP contribution < -0.4 is 5.32 Å². The van der Waals surface area contributed by atoms with Crippen LogP contribution in [0.15, 0.2) is 21.0 Å². The second-order valence-electron chi connectivity index (χ2n) is 4.53. The maximum absolute atomic E-state index is 13.5. The Hall–Kier alpha value is -0.870. The van der Waals surface area contributed by atoms with Gasteiger partial charge in [0.05, 0.1) is 10.5 Å². The van der Waals surface area contributed by atoms with Crippen molar-refractivity contribution in [1.29, 1.82) is 0 Å². The number of furan rings is 1. The normalized spacial score (nSPS) is 13.2. The molecule has 1 unspecified atom stereocenters. The fourth-order valence-corrected chi connectivity index (χ4v) is 2.44. The zero-order valence-corrected chi connectivity index (χ0v) is 12.4. The summed E-state index contributed by atoms with van der Waals surface area (Å²) >= 11 is 3.21. The minimum atomic E-state index is -0.294. The summed E-state index contributed by atoms with van der Waals surface area (Å²) in [6.45, 7) is 7.13. The van der Waals surface area contributed by atoms with Gasteiger partial charge in [0, 0.05) is 17.0 Å². The smallest absolute Gasteiger partial charge is 0.141 e. The lowest BCUT2D eigenvalue weighted by molar-refractivity contribution is 0.448. The fraction of sp³-hybridized carbons (Fsp3) is 0.429. The molecule has 0 saturated carbocycles. The SMILES string of the molecule is CCCNC(C)c1oc2cc(F)c(Br)cc2c1C. The van der Waals surface area contributed by atoms with E-state index in [1.165, 1.54) is 6.07 Å². The standard InChI is InChI=1S/C14H17BrFNO/c1-4-5-17-9(3)14-8(2)10-6-11(15)12(16)7-13(10)18-14/h6-7,9,17H,4-5H2,1-3H3. The van der Waals surface area contributed by atoms with E-state index in [1.54, 1.807) is 6.07 Å². The molecule has 2 aromatic rings. The average molecular weight is 314 g/mol. The molecule has 2 nitrogen and oxygen atoms in total. The van der Waals surface area contributed by atoms with Crippen LogP contribution in [0.4, 0.5) is 4.39 Å². The molecule has 1 atom stereocenters. The maximum atomic E-state index is 13.5. The lowest BCUT2D eigenvalue weighted by atomic mass is 10.1. The molecule has 0 spiro atoms. The van der Waals surface area contributed by atoms with Crippen molar-refractivity contribution in [2.75, 3.05) is 6.54 Å². The first-order valence-corrected chi connectivity index (χ1v) is 6.95. The van der Waals surface area contributed by atoms with Crippen LogP contribution >= 0.6 is 15.9 Å². The molecule has 0 aliphatic carbocycles. The van der Waals surface area contributed by atoms with Crippen LogP contribution in [0.5, 0.6) is 0 Å². The Morgan fingerprint density at radius 1 is 1.44 bits per heavy atom. The first-order chi connectivity index (χ1) is 8.54. The van der Waals surface area contributed by atoms with Crippen molar-refractivity contribution in [3.63, 3.8) is 0 Å². The van der Waals surface area contributed by atoms with Crippen molar-refractivity contribution < 1.29 is 8.81 Å². The third kappa shape index (κ3) is 2.45. The van der Waals surface area contributed by atoms with Gasteiger partial charge in [0.2, 0.25) is 0 Å². The first-order valence-electron chi connectivity index (χ1n) is 6.16. The molecule has 18 heavy (non-hydrogen) atoms. The highest BCUT2D eigenvalue weighted by molar-refractivity contribution is 9.10. The van der Waals surface area contributed by atoms with Crippen LogP contribution in [-0.2, 0) is 0 Å². The highest BCUT2D eigenvalue weighted by atomic mass is 79.9. The van der Waals surface area contributed by atoms with Gasteiger partial charge in [-0.25, -0.2) is 4.39 Å². The van der Waals surface area contributed by atoms with Gasteiger partial charge in [-0.2, -0.15) is 0 Å². The third-order valence-electron chi connectivity index (χ3n) is 3.11. The number of aryl methyl sites for hydroxylation is 1. The van der Waals surface area contributed by atoms with Crippen molar-refractivity contribution in [2.24, 2.45) is 0 Å². The summed E-state index contributed by atoms with van der Waals surface area (Å²) in [4.78, 5) is 0. The Morgan fingerprint density at radius 2 is 2.17 bits per heavy atom. The van der Waals surface area contributed by atoms with E-state index in [0.717, 1.165) is 29.7 Å². The number of nitrogens with one attached hydrogen (secondary N) is 1. The first kappa shape index (κ1) is 13.6.